The molecule has 1 atom stereocenters. The maximum absolute atomic E-state index is 13.8. The van der Waals surface area contributed by atoms with Crippen LogP contribution in [0.2, 0.25) is 0 Å². The van der Waals surface area contributed by atoms with Crippen LogP contribution in [0.15, 0.2) is 71.9 Å². The first-order chi connectivity index (χ1) is 26.0. The van der Waals surface area contributed by atoms with Gasteiger partial charge >= 0.3 is 18.0 Å². The predicted molar refractivity (Wildman–Crippen MR) is 206 cm³/mol. The molecule has 0 aliphatic heterocycles. The number of rotatable bonds is 19. The number of pyridine rings is 1. The number of imidazole rings is 1. The summed E-state index contributed by atoms with van der Waals surface area (Å²) >= 11 is 0. The summed E-state index contributed by atoms with van der Waals surface area (Å²) in [7, 11) is 1.89. The lowest BCUT2D eigenvalue weighted by atomic mass is 10.1. The van der Waals surface area contributed by atoms with Crippen molar-refractivity contribution in [2.45, 2.75) is 65.5 Å². The Balaban J connectivity index is 1.36. The number of amidine groups is 1. The van der Waals surface area contributed by atoms with E-state index in [2.05, 4.69) is 22.2 Å². The lowest BCUT2D eigenvalue weighted by Crippen LogP contribution is -2.37. The minimum atomic E-state index is -0.756. The second kappa shape index (κ2) is 20.4. The molecule has 0 radical (unpaired) electrons. The quantitative estimate of drug-likeness (QED) is 0.0377. The fraction of sp³-hybridized carbons (Fsp3) is 0.410. The highest BCUT2D eigenvalue weighted by molar-refractivity contribution is 6.07. The Morgan fingerprint density at radius 2 is 1.67 bits per heavy atom. The van der Waals surface area contributed by atoms with Crippen LogP contribution in [0.5, 0.6) is 0 Å². The predicted octanol–water partition coefficient (Wildman–Crippen LogP) is 5.11. The average Bonchev–Trinajstić information content (AvgIpc) is 3.49. The SMILES string of the molecule is CCCCCCOC(=O)/N=C(\N)c1ccc(NCc2nc3cc(C(=O)N(CCC(=O)OCCOC(=O)[C@H](N)C(C)C)c4ccccn4)ccc3n2C)cc1. The Labute approximate surface area is 315 Å². The number of anilines is 2. The zero-order valence-electron chi connectivity index (χ0n) is 31.3. The zero-order chi connectivity index (χ0) is 39.0. The lowest BCUT2D eigenvalue weighted by Gasteiger charge is -2.21. The van der Waals surface area contributed by atoms with Crippen molar-refractivity contribution in [1.29, 1.82) is 0 Å². The highest BCUT2D eigenvalue weighted by atomic mass is 16.6. The molecule has 0 aliphatic rings. The summed E-state index contributed by atoms with van der Waals surface area (Å²) in [5.74, 6) is -0.407. The maximum Gasteiger partial charge on any atom is 0.435 e. The number of benzene rings is 2. The number of aliphatic imine (C=N–C) groups is 1. The fourth-order valence-electron chi connectivity index (χ4n) is 5.30. The number of aryl methyl sites for hydroxylation is 1. The first-order valence-corrected chi connectivity index (χ1v) is 18.1. The van der Waals surface area contributed by atoms with E-state index in [1.54, 1.807) is 48.7 Å². The van der Waals surface area contributed by atoms with Gasteiger partial charge < -0.3 is 35.6 Å². The molecule has 15 nitrogen and oxygen atoms in total. The first kappa shape index (κ1) is 40.9. The first-order valence-electron chi connectivity index (χ1n) is 18.1. The normalized spacial score (nSPS) is 12.0. The number of hydrogen-bond donors (Lipinski definition) is 3. The number of aromatic nitrogens is 3. The number of nitrogens with one attached hydrogen (secondary N) is 1. The molecule has 4 rings (SSSR count). The van der Waals surface area contributed by atoms with E-state index < -0.39 is 24.1 Å². The third-order valence-corrected chi connectivity index (χ3v) is 8.58. The molecule has 0 fully saturated rings. The van der Waals surface area contributed by atoms with Gasteiger partial charge in [0.05, 0.1) is 30.6 Å². The summed E-state index contributed by atoms with van der Waals surface area (Å²) in [5.41, 5.74) is 15.0. The van der Waals surface area contributed by atoms with Gasteiger partial charge in [-0.3, -0.25) is 19.3 Å². The maximum atomic E-state index is 13.8. The summed E-state index contributed by atoms with van der Waals surface area (Å²) < 4.78 is 17.4. The van der Waals surface area contributed by atoms with E-state index in [4.69, 9.17) is 30.7 Å². The van der Waals surface area contributed by atoms with Crippen LogP contribution in [0.25, 0.3) is 11.0 Å². The van der Waals surface area contributed by atoms with Crippen LogP contribution in [-0.2, 0) is 37.4 Å². The van der Waals surface area contributed by atoms with Crippen molar-refractivity contribution in [2.24, 2.45) is 29.4 Å². The molecule has 2 aromatic carbocycles. The standard InChI is InChI=1S/C39H50N8O7/c1-5-6-7-10-21-54-39(51)45-36(41)27-12-15-29(16-13-27)43-25-33-44-30-24-28(14-17-31(30)46(33)4)37(49)47(32-11-8-9-19-42-32)20-18-34(48)52-22-23-53-38(50)35(40)26(2)3/h8-9,11-17,19,24,26,35,43H,5-7,10,18,20-23,25,40H2,1-4H3,(H2,41,45,51)/t35-/m1/s1. The Bertz CT molecular complexity index is 1890. The number of hydrogen-bond acceptors (Lipinski definition) is 11. The molecule has 0 aliphatic carbocycles. The molecule has 2 amide bonds. The van der Waals surface area contributed by atoms with Gasteiger partial charge in [0.1, 0.15) is 36.7 Å². The molecular formula is C39H50N8O7. The van der Waals surface area contributed by atoms with E-state index in [1.807, 2.05) is 43.7 Å². The number of carbonyl (C=O) groups excluding carboxylic acids is 4. The lowest BCUT2D eigenvalue weighted by molar-refractivity contribution is -0.153. The van der Waals surface area contributed by atoms with Crippen LogP contribution >= 0.6 is 0 Å². The van der Waals surface area contributed by atoms with Crippen molar-refractivity contribution < 1.29 is 33.4 Å². The molecule has 0 spiro atoms. The van der Waals surface area contributed by atoms with Crippen molar-refractivity contribution >= 4 is 52.3 Å². The monoisotopic (exact) mass is 742 g/mol. The van der Waals surface area contributed by atoms with E-state index in [0.717, 1.165) is 42.7 Å². The highest BCUT2D eigenvalue weighted by Gasteiger charge is 2.22. The molecule has 0 saturated carbocycles. The van der Waals surface area contributed by atoms with Gasteiger partial charge in [-0.1, -0.05) is 46.1 Å². The minimum absolute atomic E-state index is 0.00161. The number of amides is 2. The van der Waals surface area contributed by atoms with Crippen LogP contribution in [0.1, 0.15) is 74.6 Å². The molecule has 2 aromatic heterocycles. The van der Waals surface area contributed by atoms with E-state index >= 15 is 0 Å². The van der Waals surface area contributed by atoms with Crippen LogP contribution < -0.4 is 21.7 Å². The summed E-state index contributed by atoms with van der Waals surface area (Å²) in [6, 6.07) is 16.8. The molecule has 2 heterocycles. The summed E-state index contributed by atoms with van der Waals surface area (Å²) in [6.07, 6.45) is 4.73. The van der Waals surface area contributed by atoms with E-state index in [9.17, 15) is 19.2 Å². The number of ether oxygens (including phenoxy) is 3. The number of unbranched alkanes of at least 4 members (excludes halogenated alkanes) is 3. The highest BCUT2D eigenvalue weighted by Crippen LogP contribution is 2.21. The molecule has 4 aromatic rings. The van der Waals surface area contributed by atoms with Gasteiger partial charge in [0.25, 0.3) is 5.91 Å². The third kappa shape index (κ3) is 11.8. The minimum Gasteiger partial charge on any atom is -0.462 e. The van der Waals surface area contributed by atoms with Gasteiger partial charge in [-0.05, 0) is 66.9 Å². The smallest absolute Gasteiger partial charge is 0.435 e. The van der Waals surface area contributed by atoms with E-state index in [-0.39, 0.29) is 43.8 Å². The molecule has 0 unspecified atom stereocenters. The number of nitrogens with two attached hydrogens (primary N) is 2. The van der Waals surface area contributed by atoms with E-state index in [0.29, 0.717) is 35.6 Å². The number of esters is 2. The molecule has 54 heavy (non-hydrogen) atoms. The van der Waals surface area contributed by atoms with Crippen molar-refractivity contribution in [1.82, 2.24) is 14.5 Å². The summed E-state index contributed by atoms with van der Waals surface area (Å²) in [5, 5.41) is 3.34. The van der Waals surface area contributed by atoms with Gasteiger partial charge in [-0.2, -0.15) is 4.99 Å². The van der Waals surface area contributed by atoms with Crippen LogP contribution in [0, 0.1) is 5.92 Å². The fourth-order valence-corrected chi connectivity index (χ4v) is 5.30. The summed E-state index contributed by atoms with van der Waals surface area (Å²) in [4.78, 5) is 64.7. The van der Waals surface area contributed by atoms with Crippen molar-refractivity contribution in [2.75, 3.05) is 36.6 Å². The number of fused-ring (bicyclic) bond motifs is 1. The second-order valence-electron chi connectivity index (χ2n) is 12.9. The Morgan fingerprint density at radius 3 is 2.37 bits per heavy atom. The van der Waals surface area contributed by atoms with Gasteiger partial charge in [0, 0.05) is 36.6 Å². The topological polar surface area (TPSA) is 206 Å². The average molecular weight is 743 g/mol. The van der Waals surface area contributed by atoms with Crippen molar-refractivity contribution in [3.63, 3.8) is 0 Å². The zero-order valence-corrected chi connectivity index (χ0v) is 31.3. The van der Waals surface area contributed by atoms with Gasteiger partial charge in [0.15, 0.2) is 0 Å². The largest absolute Gasteiger partial charge is 0.462 e. The van der Waals surface area contributed by atoms with Gasteiger partial charge in [0.2, 0.25) is 0 Å². The molecule has 0 saturated heterocycles. The van der Waals surface area contributed by atoms with Crippen LogP contribution in [-0.4, -0.2) is 76.7 Å². The molecule has 288 valence electrons. The third-order valence-electron chi connectivity index (χ3n) is 8.58. The Hall–Kier alpha value is -5.83. The number of nitrogens with zero attached hydrogens (tertiary/aromatic N) is 5. The van der Waals surface area contributed by atoms with Crippen molar-refractivity contribution in [3.05, 3.63) is 83.8 Å². The molecule has 5 N–H and O–H groups in total. The second-order valence-corrected chi connectivity index (χ2v) is 12.9. The number of carbonyl (C=O) groups is 4. The Morgan fingerprint density at radius 1 is 0.926 bits per heavy atom. The summed E-state index contributed by atoms with van der Waals surface area (Å²) in [6.45, 7) is 6.18. The van der Waals surface area contributed by atoms with Crippen LogP contribution in [0.3, 0.4) is 0 Å². The van der Waals surface area contributed by atoms with Crippen molar-refractivity contribution in [3.8, 4) is 0 Å². The van der Waals surface area contributed by atoms with Gasteiger partial charge in [-0.25, -0.2) is 14.8 Å². The molecule has 15 heteroatoms. The molecular weight excluding hydrogens is 692 g/mol. The van der Waals surface area contributed by atoms with Gasteiger partial charge in [-0.15, -0.1) is 0 Å². The Kier molecular flexibility index (Phi) is 15.5. The van der Waals surface area contributed by atoms with Crippen LogP contribution in [0.4, 0.5) is 16.3 Å². The van der Waals surface area contributed by atoms with E-state index in [1.165, 1.54) is 4.90 Å². The molecule has 0 bridgehead atoms.